The molecule has 17 heavy (non-hydrogen) atoms. The molecule has 2 rings (SSSR count). The van der Waals surface area contributed by atoms with Crippen molar-refractivity contribution < 1.29 is 14.7 Å². The maximum atomic E-state index is 10.8. The van der Waals surface area contributed by atoms with Crippen LogP contribution in [0.25, 0.3) is 5.82 Å². The Morgan fingerprint density at radius 2 is 2.24 bits per heavy atom. The minimum absolute atomic E-state index is 0.157. The Hall–Kier alpha value is -2.50. The van der Waals surface area contributed by atoms with E-state index in [0.717, 1.165) is 0 Å². The topological polar surface area (TPSA) is 85.1 Å². The number of aromatic carboxylic acids is 1. The van der Waals surface area contributed by atoms with E-state index in [-0.39, 0.29) is 5.56 Å². The summed E-state index contributed by atoms with van der Waals surface area (Å²) in [4.78, 5) is 29.3. The van der Waals surface area contributed by atoms with Crippen LogP contribution >= 0.6 is 0 Å². The SMILES string of the molecule is Cc1nc(-n2cnc(C=O)c2)ccc1C(=O)O. The summed E-state index contributed by atoms with van der Waals surface area (Å²) in [5.41, 5.74) is 0.868. The van der Waals surface area contributed by atoms with E-state index in [2.05, 4.69) is 9.97 Å². The largest absolute Gasteiger partial charge is 0.478 e. The molecule has 2 aromatic heterocycles. The fourth-order valence-electron chi connectivity index (χ4n) is 1.44. The molecule has 0 aliphatic heterocycles. The summed E-state index contributed by atoms with van der Waals surface area (Å²) in [6, 6.07) is 3.04. The first-order valence-electron chi connectivity index (χ1n) is 4.82. The third-order valence-electron chi connectivity index (χ3n) is 2.29. The molecule has 0 bridgehead atoms. The quantitative estimate of drug-likeness (QED) is 0.799. The second-order valence-electron chi connectivity index (χ2n) is 3.43. The molecular weight excluding hydrogens is 222 g/mol. The summed E-state index contributed by atoms with van der Waals surface area (Å²) >= 11 is 0. The predicted molar refractivity (Wildman–Crippen MR) is 58.4 cm³/mol. The highest BCUT2D eigenvalue weighted by molar-refractivity contribution is 5.88. The summed E-state index contributed by atoms with van der Waals surface area (Å²) in [5, 5.41) is 8.86. The first kappa shape index (κ1) is 11.0. The number of rotatable bonds is 3. The summed E-state index contributed by atoms with van der Waals surface area (Å²) in [5.74, 6) is -0.492. The second-order valence-corrected chi connectivity index (χ2v) is 3.43. The lowest BCUT2D eigenvalue weighted by molar-refractivity contribution is 0.0695. The molecule has 0 saturated heterocycles. The van der Waals surface area contributed by atoms with E-state index in [9.17, 15) is 9.59 Å². The maximum Gasteiger partial charge on any atom is 0.337 e. The number of carboxylic acid groups (broad SMARTS) is 1. The van der Waals surface area contributed by atoms with Gasteiger partial charge in [-0.15, -0.1) is 0 Å². The maximum absolute atomic E-state index is 10.8. The van der Waals surface area contributed by atoms with Crippen molar-refractivity contribution in [2.45, 2.75) is 6.92 Å². The van der Waals surface area contributed by atoms with E-state index < -0.39 is 5.97 Å². The number of hydrogen-bond acceptors (Lipinski definition) is 4. The summed E-state index contributed by atoms with van der Waals surface area (Å²) in [7, 11) is 0. The van der Waals surface area contributed by atoms with Gasteiger partial charge in [-0.25, -0.2) is 14.8 Å². The van der Waals surface area contributed by atoms with Crippen LogP contribution in [0.15, 0.2) is 24.7 Å². The fraction of sp³-hybridized carbons (Fsp3) is 0.0909. The highest BCUT2D eigenvalue weighted by atomic mass is 16.4. The fourth-order valence-corrected chi connectivity index (χ4v) is 1.44. The van der Waals surface area contributed by atoms with Crippen LogP contribution in [0.5, 0.6) is 0 Å². The molecule has 0 aliphatic carbocycles. The number of carbonyl (C=O) groups excluding carboxylic acids is 1. The minimum atomic E-state index is -1.01. The van der Waals surface area contributed by atoms with Gasteiger partial charge in [-0.05, 0) is 19.1 Å². The number of carbonyl (C=O) groups is 2. The van der Waals surface area contributed by atoms with Crippen LogP contribution in [-0.2, 0) is 0 Å². The number of pyridine rings is 1. The average Bonchev–Trinajstić information content (AvgIpc) is 2.76. The molecule has 0 aromatic carbocycles. The Morgan fingerprint density at radius 3 is 2.76 bits per heavy atom. The third kappa shape index (κ3) is 2.05. The molecular formula is C11H9N3O3. The van der Waals surface area contributed by atoms with Crippen molar-refractivity contribution in [1.29, 1.82) is 0 Å². The first-order valence-corrected chi connectivity index (χ1v) is 4.82. The van der Waals surface area contributed by atoms with Crippen LogP contribution in [0.1, 0.15) is 26.5 Å². The van der Waals surface area contributed by atoms with Gasteiger partial charge in [0.1, 0.15) is 17.8 Å². The van der Waals surface area contributed by atoms with Gasteiger partial charge < -0.3 is 5.11 Å². The number of aryl methyl sites for hydroxylation is 1. The standard InChI is InChI=1S/C11H9N3O3/c1-7-9(11(16)17)2-3-10(13-7)14-4-8(5-15)12-6-14/h2-6H,1H3,(H,16,17). The van der Waals surface area contributed by atoms with Gasteiger partial charge in [-0.2, -0.15) is 0 Å². The summed E-state index contributed by atoms with van der Waals surface area (Å²) in [6.45, 7) is 1.62. The zero-order valence-corrected chi connectivity index (χ0v) is 8.99. The molecule has 0 radical (unpaired) electrons. The number of aldehydes is 1. The second kappa shape index (κ2) is 4.17. The highest BCUT2D eigenvalue weighted by Gasteiger charge is 2.09. The lowest BCUT2D eigenvalue weighted by atomic mass is 10.2. The van der Waals surface area contributed by atoms with Crippen molar-refractivity contribution in [2.24, 2.45) is 0 Å². The van der Waals surface area contributed by atoms with Crippen molar-refractivity contribution in [1.82, 2.24) is 14.5 Å². The van der Waals surface area contributed by atoms with Crippen LogP contribution in [0.2, 0.25) is 0 Å². The Balaban J connectivity index is 2.43. The molecule has 0 fully saturated rings. The van der Waals surface area contributed by atoms with Gasteiger partial charge in [-0.1, -0.05) is 0 Å². The molecule has 0 unspecified atom stereocenters. The smallest absolute Gasteiger partial charge is 0.337 e. The van der Waals surface area contributed by atoms with Gasteiger partial charge in [0.05, 0.1) is 11.3 Å². The lowest BCUT2D eigenvalue weighted by Gasteiger charge is -2.04. The highest BCUT2D eigenvalue weighted by Crippen LogP contribution is 2.10. The molecule has 0 amide bonds. The van der Waals surface area contributed by atoms with Gasteiger partial charge in [0.2, 0.25) is 0 Å². The summed E-state index contributed by atoms with van der Waals surface area (Å²) < 4.78 is 1.56. The van der Waals surface area contributed by atoms with Gasteiger partial charge in [0, 0.05) is 6.20 Å². The Labute approximate surface area is 96.6 Å². The molecule has 0 spiro atoms. The van der Waals surface area contributed by atoms with Crippen molar-refractivity contribution >= 4 is 12.3 Å². The first-order chi connectivity index (χ1) is 8.11. The Morgan fingerprint density at radius 1 is 1.47 bits per heavy atom. The monoisotopic (exact) mass is 231 g/mol. The molecule has 6 heteroatoms. The van der Waals surface area contributed by atoms with E-state index in [0.29, 0.717) is 23.5 Å². The van der Waals surface area contributed by atoms with Crippen LogP contribution < -0.4 is 0 Å². The average molecular weight is 231 g/mol. The minimum Gasteiger partial charge on any atom is -0.478 e. The van der Waals surface area contributed by atoms with Gasteiger partial charge in [-0.3, -0.25) is 9.36 Å². The number of nitrogens with zero attached hydrogens (tertiary/aromatic N) is 3. The van der Waals surface area contributed by atoms with E-state index in [1.165, 1.54) is 18.6 Å². The molecule has 2 heterocycles. The van der Waals surface area contributed by atoms with Crippen molar-refractivity contribution in [3.8, 4) is 5.82 Å². The van der Waals surface area contributed by atoms with Crippen LogP contribution in [-0.4, -0.2) is 31.9 Å². The number of imidazole rings is 1. The van der Waals surface area contributed by atoms with Crippen molar-refractivity contribution in [2.75, 3.05) is 0 Å². The molecule has 0 aliphatic rings. The number of carboxylic acids is 1. The van der Waals surface area contributed by atoms with Gasteiger partial charge in [0.15, 0.2) is 6.29 Å². The summed E-state index contributed by atoms with van der Waals surface area (Å²) in [6.07, 6.45) is 3.61. The molecule has 86 valence electrons. The molecule has 0 saturated carbocycles. The molecule has 2 aromatic rings. The molecule has 1 N–H and O–H groups in total. The zero-order valence-electron chi connectivity index (χ0n) is 8.99. The van der Waals surface area contributed by atoms with Crippen molar-refractivity contribution in [3.05, 3.63) is 41.6 Å². The third-order valence-corrected chi connectivity index (χ3v) is 2.29. The van der Waals surface area contributed by atoms with Gasteiger partial charge >= 0.3 is 5.97 Å². The van der Waals surface area contributed by atoms with Crippen LogP contribution in [0.4, 0.5) is 0 Å². The number of hydrogen-bond donors (Lipinski definition) is 1. The van der Waals surface area contributed by atoms with Crippen molar-refractivity contribution in [3.63, 3.8) is 0 Å². The lowest BCUT2D eigenvalue weighted by Crippen LogP contribution is -2.04. The Kier molecular flexibility index (Phi) is 2.70. The van der Waals surface area contributed by atoms with E-state index in [1.54, 1.807) is 17.6 Å². The van der Waals surface area contributed by atoms with E-state index in [1.807, 2.05) is 0 Å². The Bertz CT molecular complexity index is 589. The zero-order chi connectivity index (χ0) is 12.4. The van der Waals surface area contributed by atoms with E-state index >= 15 is 0 Å². The van der Waals surface area contributed by atoms with Crippen LogP contribution in [0, 0.1) is 6.92 Å². The van der Waals surface area contributed by atoms with E-state index in [4.69, 9.17) is 5.11 Å². The number of aromatic nitrogens is 3. The van der Waals surface area contributed by atoms with Crippen LogP contribution in [0.3, 0.4) is 0 Å². The van der Waals surface area contributed by atoms with Gasteiger partial charge in [0.25, 0.3) is 0 Å². The molecule has 0 atom stereocenters. The predicted octanol–water partition coefficient (Wildman–Crippen LogP) is 1.09. The molecule has 6 nitrogen and oxygen atoms in total. The normalized spacial score (nSPS) is 10.2.